The zero-order chi connectivity index (χ0) is 15.0. The Morgan fingerprint density at radius 1 is 1.20 bits per heavy atom. The Kier molecular flexibility index (Phi) is 4.85. The fourth-order valence-corrected chi connectivity index (χ4v) is 7.12. The molecule has 0 bridgehead atoms. The van der Waals surface area contributed by atoms with E-state index in [0.717, 1.165) is 38.6 Å². The second-order valence-electron chi connectivity index (χ2n) is 7.58. The van der Waals surface area contributed by atoms with Crippen LogP contribution in [0.1, 0.15) is 66.2 Å². The lowest BCUT2D eigenvalue weighted by molar-refractivity contribution is 0.287. The van der Waals surface area contributed by atoms with E-state index in [1.165, 1.54) is 6.42 Å². The summed E-state index contributed by atoms with van der Waals surface area (Å²) in [5.41, 5.74) is 0.0913. The molecule has 0 aromatic rings. The average Bonchev–Trinajstić information content (AvgIpc) is 2.66. The van der Waals surface area contributed by atoms with Crippen LogP contribution in [0.15, 0.2) is 0 Å². The van der Waals surface area contributed by atoms with Crippen LogP contribution in [-0.4, -0.2) is 31.5 Å². The third-order valence-electron chi connectivity index (χ3n) is 5.49. The van der Waals surface area contributed by atoms with E-state index in [1.807, 2.05) is 0 Å². The van der Waals surface area contributed by atoms with E-state index in [0.29, 0.717) is 5.92 Å². The van der Waals surface area contributed by atoms with Gasteiger partial charge in [-0.25, -0.2) is 8.42 Å². The van der Waals surface area contributed by atoms with Gasteiger partial charge in [0.2, 0.25) is 0 Å². The van der Waals surface area contributed by atoms with Crippen molar-refractivity contribution < 1.29 is 8.42 Å². The topological polar surface area (TPSA) is 46.2 Å². The molecule has 0 heterocycles. The van der Waals surface area contributed by atoms with E-state index in [2.05, 4.69) is 33.0 Å². The van der Waals surface area contributed by atoms with Gasteiger partial charge < -0.3 is 5.32 Å². The van der Waals surface area contributed by atoms with Gasteiger partial charge in [-0.15, -0.1) is 0 Å². The first-order chi connectivity index (χ1) is 9.29. The number of rotatable bonds is 4. The van der Waals surface area contributed by atoms with E-state index in [1.54, 1.807) is 0 Å². The maximum absolute atomic E-state index is 13.1. The van der Waals surface area contributed by atoms with E-state index >= 15 is 0 Å². The molecule has 0 aliphatic heterocycles. The lowest BCUT2D eigenvalue weighted by Crippen LogP contribution is -2.50. The Balaban J connectivity index is 2.20. The SMILES string of the molecule is CCNC1C(S(=O)(=O)C2CCCC(C)C2)CCC1(C)C. The van der Waals surface area contributed by atoms with Gasteiger partial charge in [0.25, 0.3) is 0 Å². The molecule has 4 heteroatoms. The molecule has 0 saturated heterocycles. The molecule has 0 amide bonds. The molecule has 0 spiro atoms. The first kappa shape index (κ1) is 16.3. The van der Waals surface area contributed by atoms with Crippen molar-refractivity contribution in [3.05, 3.63) is 0 Å². The van der Waals surface area contributed by atoms with Crippen LogP contribution in [-0.2, 0) is 9.84 Å². The molecule has 1 N–H and O–H groups in total. The largest absolute Gasteiger partial charge is 0.312 e. The predicted molar refractivity (Wildman–Crippen MR) is 84.6 cm³/mol. The summed E-state index contributed by atoms with van der Waals surface area (Å²) in [6.07, 6.45) is 5.86. The molecular weight excluding hydrogens is 270 g/mol. The van der Waals surface area contributed by atoms with Gasteiger partial charge in [0.15, 0.2) is 9.84 Å². The minimum atomic E-state index is -3.00. The Morgan fingerprint density at radius 3 is 2.50 bits per heavy atom. The molecule has 0 aromatic heterocycles. The van der Waals surface area contributed by atoms with Gasteiger partial charge in [-0.05, 0) is 43.6 Å². The highest BCUT2D eigenvalue weighted by atomic mass is 32.2. The van der Waals surface area contributed by atoms with Crippen molar-refractivity contribution in [3.63, 3.8) is 0 Å². The first-order valence-electron chi connectivity index (χ1n) is 8.25. The van der Waals surface area contributed by atoms with Gasteiger partial charge in [0.05, 0.1) is 10.5 Å². The maximum Gasteiger partial charge on any atom is 0.157 e. The number of nitrogens with one attached hydrogen (secondary N) is 1. The maximum atomic E-state index is 13.1. The molecule has 2 aliphatic carbocycles. The molecular formula is C16H31NO2S. The molecule has 0 aromatic carbocycles. The summed E-state index contributed by atoms with van der Waals surface area (Å²) in [6, 6.07) is 0.120. The zero-order valence-corrected chi connectivity index (χ0v) is 14.3. The second kappa shape index (κ2) is 5.96. The zero-order valence-electron chi connectivity index (χ0n) is 13.5. The Labute approximate surface area is 124 Å². The van der Waals surface area contributed by atoms with E-state index in [9.17, 15) is 8.42 Å². The Morgan fingerprint density at radius 2 is 1.90 bits per heavy atom. The summed E-state index contributed by atoms with van der Waals surface area (Å²) in [5.74, 6) is 0.565. The lowest BCUT2D eigenvalue weighted by atomic mass is 9.87. The van der Waals surface area contributed by atoms with Gasteiger partial charge in [-0.3, -0.25) is 0 Å². The summed E-state index contributed by atoms with van der Waals surface area (Å²) in [4.78, 5) is 0. The van der Waals surface area contributed by atoms with Gasteiger partial charge in [-0.2, -0.15) is 0 Å². The van der Waals surface area contributed by atoms with E-state index < -0.39 is 9.84 Å². The van der Waals surface area contributed by atoms with Crippen molar-refractivity contribution in [2.24, 2.45) is 11.3 Å². The number of sulfone groups is 1. The highest BCUT2D eigenvalue weighted by Crippen LogP contribution is 2.43. The summed E-state index contributed by atoms with van der Waals surface area (Å²) < 4.78 is 26.1. The third-order valence-corrected chi connectivity index (χ3v) is 8.20. The highest BCUT2D eigenvalue weighted by molar-refractivity contribution is 7.92. The number of hydrogen-bond acceptors (Lipinski definition) is 3. The summed E-state index contributed by atoms with van der Waals surface area (Å²) >= 11 is 0. The van der Waals surface area contributed by atoms with Crippen LogP contribution >= 0.6 is 0 Å². The fraction of sp³-hybridized carbons (Fsp3) is 1.00. The van der Waals surface area contributed by atoms with Crippen LogP contribution in [0.4, 0.5) is 0 Å². The van der Waals surface area contributed by atoms with E-state index in [-0.39, 0.29) is 22.0 Å². The molecule has 3 nitrogen and oxygen atoms in total. The molecule has 2 fully saturated rings. The van der Waals surface area contributed by atoms with Crippen molar-refractivity contribution >= 4 is 9.84 Å². The monoisotopic (exact) mass is 301 g/mol. The van der Waals surface area contributed by atoms with Crippen LogP contribution in [0.25, 0.3) is 0 Å². The van der Waals surface area contributed by atoms with Crippen LogP contribution in [0.5, 0.6) is 0 Å². The summed E-state index contributed by atoms with van der Waals surface area (Å²) in [5, 5.41) is 3.20. The third kappa shape index (κ3) is 3.06. The minimum absolute atomic E-state index is 0.0913. The normalized spacial score (nSPS) is 38.0. The fourth-order valence-electron chi connectivity index (χ4n) is 4.25. The average molecular weight is 301 g/mol. The summed E-state index contributed by atoms with van der Waals surface area (Å²) in [7, 11) is -3.00. The molecule has 4 atom stereocenters. The minimum Gasteiger partial charge on any atom is -0.312 e. The van der Waals surface area contributed by atoms with Crippen molar-refractivity contribution in [3.8, 4) is 0 Å². The molecule has 2 saturated carbocycles. The molecule has 2 rings (SSSR count). The van der Waals surface area contributed by atoms with E-state index in [4.69, 9.17) is 0 Å². The van der Waals surface area contributed by atoms with Crippen molar-refractivity contribution in [2.75, 3.05) is 6.54 Å². The lowest BCUT2D eigenvalue weighted by Gasteiger charge is -2.34. The quantitative estimate of drug-likeness (QED) is 0.867. The Hall–Kier alpha value is -0.0900. The van der Waals surface area contributed by atoms with Crippen LogP contribution < -0.4 is 5.32 Å². The van der Waals surface area contributed by atoms with Gasteiger partial charge >= 0.3 is 0 Å². The van der Waals surface area contributed by atoms with Crippen LogP contribution in [0.2, 0.25) is 0 Å². The van der Waals surface area contributed by atoms with Gasteiger partial charge in [0, 0.05) is 6.04 Å². The van der Waals surface area contributed by atoms with Crippen LogP contribution in [0.3, 0.4) is 0 Å². The van der Waals surface area contributed by atoms with Crippen molar-refractivity contribution in [1.29, 1.82) is 0 Å². The molecule has 20 heavy (non-hydrogen) atoms. The van der Waals surface area contributed by atoms with Crippen molar-refractivity contribution in [1.82, 2.24) is 5.32 Å². The smallest absolute Gasteiger partial charge is 0.157 e. The first-order valence-corrected chi connectivity index (χ1v) is 9.86. The number of hydrogen-bond donors (Lipinski definition) is 1. The molecule has 118 valence electrons. The molecule has 4 unspecified atom stereocenters. The van der Waals surface area contributed by atoms with Crippen molar-refractivity contribution in [2.45, 2.75) is 82.8 Å². The molecule has 2 aliphatic rings. The standard InChI is InChI=1S/C16H31NO2S/c1-5-17-15-14(9-10-16(15,3)4)20(18,19)13-8-6-7-12(2)11-13/h12-15,17H,5-11H2,1-4H3. The Bertz CT molecular complexity index is 430. The second-order valence-corrected chi connectivity index (χ2v) is 10.0. The summed E-state index contributed by atoms with van der Waals surface area (Å²) in [6.45, 7) is 9.53. The molecule has 0 radical (unpaired) electrons. The van der Waals surface area contributed by atoms with Gasteiger partial charge in [-0.1, -0.05) is 40.5 Å². The highest BCUT2D eigenvalue weighted by Gasteiger charge is 2.49. The van der Waals surface area contributed by atoms with Gasteiger partial charge in [0.1, 0.15) is 0 Å². The predicted octanol–water partition coefficient (Wildman–Crippen LogP) is 3.15. The van der Waals surface area contributed by atoms with Crippen LogP contribution in [0, 0.1) is 11.3 Å².